The molecule has 0 bridgehead atoms. The molecule has 1 aliphatic heterocycles. The van der Waals surface area contributed by atoms with E-state index < -0.39 is 0 Å². The van der Waals surface area contributed by atoms with Crippen molar-refractivity contribution in [2.24, 2.45) is 0 Å². The molecule has 2 aliphatic rings. The number of aryl methyl sites for hydroxylation is 1. The van der Waals surface area contributed by atoms with Gasteiger partial charge in [-0.15, -0.1) is 0 Å². The molecule has 2 aromatic heterocycles. The van der Waals surface area contributed by atoms with E-state index in [-0.39, 0.29) is 11.5 Å². The maximum absolute atomic E-state index is 13.6. The first kappa shape index (κ1) is 22.6. The first-order chi connectivity index (χ1) is 16.5. The zero-order valence-electron chi connectivity index (χ0n) is 20.0. The third-order valence-electron chi connectivity index (χ3n) is 6.99. The summed E-state index contributed by atoms with van der Waals surface area (Å²) in [6.45, 7) is 8.23. The third kappa shape index (κ3) is 3.97. The van der Waals surface area contributed by atoms with Crippen molar-refractivity contribution in [1.29, 1.82) is 0 Å². The summed E-state index contributed by atoms with van der Waals surface area (Å²) in [4.78, 5) is 33.7. The number of pyridine rings is 1. The van der Waals surface area contributed by atoms with Crippen LogP contribution in [-0.4, -0.2) is 76.4 Å². The van der Waals surface area contributed by atoms with Gasteiger partial charge in [-0.3, -0.25) is 14.5 Å². The summed E-state index contributed by atoms with van der Waals surface area (Å²) in [7, 11) is 1.74. The van der Waals surface area contributed by atoms with E-state index >= 15 is 0 Å². The van der Waals surface area contributed by atoms with Crippen LogP contribution < -0.4 is 5.56 Å². The molecular formula is C26H31N5O3. The van der Waals surface area contributed by atoms with Gasteiger partial charge in [0.05, 0.1) is 28.3 Å². The number of benzene rings is 1. The highest BCUT2D eigenvalue weighted by atomic mass is 16.5. The minimum Gasteiger partial charge on any atom is -0.385 e. The van der Waals surface area contributed by atoms with Gasteiger partial charge in [0.2, 0.25) is 0 Å². The molecule has 0 saturated carbocycles. The monoisotopic (exact) mass is 461 g/mol. The maximum atomic E-state index is 13.6. The molecule has 1 amide bonds. The van der Waals surface area contributed by atoms with E-state index in [4.69, 9.17) is 4.74 Å². The molecule has 178 valence electrons. The van der Waals surface area contributed by atoms with Gasteiger partial charge in [0.25, 0.3) is 11.5 Å². The Labute approximate surface area is 198 Å². The lowest BCUT2D eigenvalue weighted by Crippen LogP contribution is -2.53. The number of hydrogen-bond donors (Lipinski definition) is 1. The third-order valence-corrected chi connectivity index (χ3v) is 6.99. The van der Waals surface area contributed by atoms with Gasteiger partial charge in [-0.25, -0.2) is 4.68 Å². The quantitative estimate of drug-likeness (QED) is 0.547. The number of hydrogen-bond acceptors (Lipinski definition) is 5. The van der Waals surface area contributed by atoms with Crippen molar-refractivity contribution in [2.45, 2.75) is 32.7 Å². The van der Waals surface area contributed by atoms with E-state index in [9.17, 15) is 9.59 Å². The zero-order valence-corrected chi connectivity index (χ0v) is 20.0. The standard InChI is InChI=1S/C26H31N5O3/c1-17-13-23-21(24-22(25(32)28-23)15-27-31(24)19-7-6-8-19)14-20(17)26(33)30-11-10-29(18(2)16-30)9-4-5-12-34-3/h6-8,13-15,18H,4-5,9-12,16H2,1-3H3,(H,28,32)/t18-/m0/s1. The highest BCUT2D eigenvalue weighted by Gasteiger charge is 2.28. The molecule has 0 radical (unpaired) electrons. The Bertz CT molecular complexity index is 1370. The smallest absolute Gasteiger partial charge is 0.259 e. The average Bonchev–Trinajstić information content (AvgIpc) is 3.21. The Morgan fingerprint density at radius 1 is 1.24 bits per heavy atom. The van der Waals surface area contributed by atoms with Gasteiger partial charge in [0.15, 0.2) is 0 Å². The predicted octanol–water partition coefficient (Wildman–Crippen LogP) is 3.17. The van der Waals surface area contributed by atoms with Gasteiger partial charge < -0.3 is 14.6 Å². The summed E-state index contributed by atoms with van der Waals surface area (Å²) in [5.41, 5.74) is 3.73. The van der Waals surface area contributed by atoms with Crippen molar-refractivity contribution in [3.63, 3.8) is 0 Å². The number of fused-ring (bicyclic) bond motifs is 3. The molecular weight excluding hydrogens is 430 g/mol. The van der Waals surface area contributed by atoms with Gasteiger partial charge in [0, 0.05) is 50.3 Å². The Hall–Kier alpha value is -3.23. The summed E-state index contributed by atoms with van der Waals surface area (Å²) in [6, 6.07) is 4.14. The van der Waals surface area contributed by atoms with Gasteiger partial charge in [-0.1, -0.05) is 6.08 Å². The fraction of sp³-hybridized carbons (Fsp3) is 0.423. The van der Waals surface area contributed by atoms with Crippen LogP contribution in [0.25, 0.3) is 27.5 Å². The van der Waals surface area contributed by atoms with Gasteiger partial charge in [-0.2, -0.15) is 5.10 Å². The second-order valence-corrected chi connectivity index (χ2v) is 9.27. The highest BCUT2D eigenvalue weighted by Crippen LogP contribution is 2.29. The van der Waals surface area contributed by atoms with E-state index in [1.807, 2.05) is 42.2 Å². The number of carbonyl (C=O) groups excluding carboxylic acids is 1. The molecule has 1 aliphatic carbocycles. The minimum atomic E-state index is -0.174. The van der Waals surface area contributed by atoms with Crippen LogP contribution in [0.15, 0.2) is 41.4 Å². The van der Waals surface area contributed by atoms with Crippen molar-refractivity contribution in [2.75, 3.05) is 39.9 Å². The molecule has 8 heteroatoms. The summed E-state index contributed by atoms with van der Waals surface area (Å²) in [6.07, 6.45) is 9.60. The van der Waals surface area contributed by atoms with Crippen LogP contribution in [0.2, 0.25) is 0 Å². The molecule has 1 aromatic carbocycles. The number of allylic oxidation sites excluding steroid dienone is 4. The Morgan fingerprint density at radius 3 is 2.76 bits per heavy atom. The van der Waals surface area contributed by atoms with Crippen LogP contribution in [0.5, 0.6) is 0 Å². The molecule has 3 heterocycles. The molecule has 5 rings (SSSR count). The maximum Gasteiger partial charge on any atom is 0.259 e. The molecule has 0 spiro atoms. The number of methoxy groups -OCH3 is 1. The molecule has 1 saturated heterocycles. The fourth-order valence-electron chi connectivity index (χ4n) is 4.96. The molecule has 1 atom stereocenters. The SMILES string of the molecule is COCCCCN1CCN(C(=O)c2cc3c(cc2C)[nH]c(=O)c2cnn(C4=CC=C4)c23)C[C@@H]1C. The summed E-state index contributed by atoms with van der Waals surface area (Å²) in [5, 5.41) is 5.78. The van der Waals surface area contributed by atoms with Crippen LogP contribution in [0, 0.1) is 6.92 Å². The van der Waals surface area contributed by atoms with Gasteiger partial charge in [0.1, 0.15) is 0 Å². The topological polar surface area (TPSA) is 83.5 Å². The van der Waals surface area contributed by atoms with Crippen LogP contribution in [-0.2, 0) is 4.74 Å². The molecule has 0 unspecified atom stereocenters. The number of rotatable bonds is 7. The normalized spacial score (nSPS) is 18.5. The molecule has 34 heavy (non-hydrogen) atoms. The molecule has 1 fully saturated rings. The second kappa shape index (κ2) is 9.19. The summed E-state index contributed by atoms with van der Waals surface area (Å²) >= 11 is 0. The number of H-pyrrole nitrogens is 1. The largest absolute Gasteiger partial charge is 0.385 e. The fourth-order valence-corrected chi connectivity index (χ4v) is 4.96. The van der Waals surface area contributed by atoms with E-state index in [0.29, 0.717) is 35.6 Å². The van der Waals surface area contributed by atoms with E-state index in [1.165, 1.54) is 0 Å². The van der Waals surface area contributed by atoms with E-state index in [2.05, 4.69) is 21.9 Å². The van der Waals surface area contributed by atoms with Crippen LogP contribution in [0.1, 0.15) is 35.7 Å². The first-order valence-electron chi connectivity index (χ1n) is 11.9. The predicted molar refractivity (Wildman–Crippen MR) is 134 cm³/mol. The molecule has 3 aromatic rings. The van der Waals surface area contributed by atoms with Crippen molar-refractivity contribution < 1.29 is 9.53 Å². The van der Waals surface area contributed by atoms with E-state index in [1.54, 1.807) is 18.0 Å². The summed E-state index contributed by atoms with van der Waals surface area (Å²) < 4.78 is 6.93. The Balaban J connectivity index is 1.44. The molecule has 8 nitrogen and oxygen atoms in total. The number of nitrogens with one attached hydrogen (secondary N) is 1. The first-order valence-corrected chi connectivity index (χ1v) is 11.9. The van der Waals surface area contributed by atoms with Crippen LogP contribution in [0.4, 0.5) is 0 Å². The lowest BCUT2D eigenvalue weighted by Gasteiger charge is -2.40. The number of ether oxygens (including phenoxy) is 1. The number of aromatic nitrogens is 3. The summed E-state index contributed by atoms with van der Waals surface area (Å²) in [5.74, 6) is 0.0402. The average molecular weight is 462 g/mol. The lowest BCUT2D eigenvalue weighted by molar-refractivity contribution is 0.0505. The zero-order chi connectivity index (χ0) is 23.8. The Morgan fingerprint density at radius 2 is 2.06 bits per heavy atom. The molecule has 1 N–H and O–H groups in total. The number of unbranched alkanes of at least 4 members (excludes halogenated alkanes) is 1. The number of nitrogens with zero attached hydrogens (tertiary/aromatic N) is 4. The highest BCUT2D eigenvalue weighted by molar-refractivity contribution is 6.08. The van der Waals surface area contributed by atoms with Crippen LogP contribution in [0.3, 0.4) is 0 Å². The van der Waals surface area contributed by atoms with Gasteiger partial charge in [-0.05, 0) is 63.1 Å². The van der Waals surface area contributed by atoms with Crippen molar-refractivity contribution in [1.82, 2.24) is 24.6 Å². The number of amides is 1. The number of piperazine rings is 1. The van der Waals surface area contributed by atoms with Crippen molar-refractivity contribution >= 4 is 33.4 Å². The van der Waals surface area contributed by atoms with Crippen molar-refractivity contribution in [3.05, 3.63) is 58.0 Å². The Kier molecular flexibility index (Phi) is 6.10. The van der Waals surface area contributed by atoms with Gasteiger partial charge >= 0.3 is 0 Å². The lowest BCUT2D eigenvalue weighted by atomic mass is 10.0. The minimum absolute atomic E-state index is 0.0402. The number of carbonyl (C=O) groups is 1. The van der Waals surface area contributed by atoms with E-state index in [0.717, 1.165) is 54.7 Å². The van der Waals surface area contributed by atoms with Crippen molar-refractivity contribution in [3.8, 4) is 0 Å². The second-order valence-electron chi connectivity index (χ2n) is 9.27. The number of aromatic amines is 1. The van der Waals surface area contributed by atoms with Crippen LogP contribution >= 0.6 is 0 Å².